The Balaban J connectivity index is 3.29. The predicted octanol–water partition coefficient (Wildman–Crippen LogP) is 4.57. The highest BCUT2D eigenvalue weighted by molar-refractivity contribution is 5.86. The molecule has 29 heavy (non-hydrogen) atoms. The Morgan fingerprint density at radius 3 is 1.45 bits per heavy atom. The monoisotopic (exact) mass is 407 g/mol. The summed E-state index contributed by atoms with van der Waals surface area (Å²) >= 11 is 0. The molecule has 0 spiro atoms. The fourth-order valence-corrected chi connectivity index (χ4v) is 4.44. The summed E-state index contributed by atoms with van der Waals surface area (Å²) in [7, 11) is 0. The fraction of sp³-hybridized carbons (Fsp3) is 0.708. The summed E-state index contributed by atoms with van der Waals surface area (Å²) in [4.78, 5) is 17.7. The molecule has 2 N–H and O–H groups in total. The lowest BCUT2D eigenvalue weighted by molar-refractivity contribution is -0.124. The van der Waals surface area contributed by atoms with E-state index >= 15 is 0 Å². The molecule has 0 radical (unpaired) electrons. The molecule has 0 unspecified atom stereocenters. The van der Waals surface area contributed by atoms with Crippen LogP contribution in [0.3, 0.4) is 0 Å². The Kier molecular flexibility index (Phi) is 9.77. The Morgan fingerprint density at radius 2 is 1.17 bits per heavy atom. The number of nitrogens with two attached hydrogens (primary N) is 1. The van der Waals surface area contributed by atoms with E-state index in [4.69, 9.17) is 5.73 Å². The zero-order chi connectivity index (χ0) is 22.4. The van der Waals surface area contributed by atoms with E-state index in [0.29, 0.717) is 37.0 Å². The topological polar surface area (TPSA) is 49.6 Å². The maximum absolute atomic E-state index is 13.6. The van der Waals surface area contributed by atoms with Crippen molar-refractivity contribution in [1.82, 2.24) is 9.80 Å². The van der Waals surface area contributed by atoms with Crippen molar-refractivity contribution in [3.63, 3.8) is 0 Å². The summed E-state index contributed by atoms with van der Waals surface area (Å²) in [5, 5.41) is 0. The smallest absolute Gasteiger partial charge is 0.228 e. The van der Waals surface area contributed by atoms with E-state index in [0.717, 1.165) is 18.7 Å². The molecular formula is C24H42FN3O. The van der Waals surface area contributed by atoms with Crippen LogP contribution in [0.25, 0.3) is 0 Å². The van der Waals surface area contributed by atoms with E-state index < -0.39 is 5.41 Å². The molecule has 0 heterocycles. The number of halogens is 1. The molecule has 0 fully saturated rings. The molecule has 4 nitrogen and oxygen atoms in total. The van der Waals surface area contributed by atoms with Crippen LogP contribution in [0.5, 0.6) is 0 Å². The van der Waals surface area contributed by atoms with Gasteiger partial charge in [-0.2, -0.15) is 0 Å². The number of benzene rings is 1. The molecule has 0 aliphatic rings. The largest absolute Gasteiger partial charge is 0.369 e. The van der Waals surface area contributed by atoms with Gasteiger partial charge in [0.1, 0.15) is 5.82 Å². The number of rotatable bonds is 12. The van der Waals surface area contributed by atoms with Crippen LogP contribution in [-0.2, 0) is 10.2 Å². The third kappa shape index (κ3) is 6.78. The number of carbonyl (C=O) groups is 1. The molecule has 1 amide bonds. The summed E-state index contributed by atoms with van der Waals surface area (Å²) in [5.74, 6) is -0.631. The van der Waals surface area contributed by atoms with Crippen molar-refractivity contribution in [1.29, 1.82) is 0 Å². The molecule has 0 aliphatic heterocycles. The minimum Gasteiger partial charge on any atom is -0.369 e. The molecule has 5 heteroatoms. The molecular weight excluding hydrogens is 365 g/mol. The molecule has 1 rings (SSSR count). The SMILES string of the molecule is CC(C)N(CCC(CCN(C(C)C)C(C)C)(C(N)=O)c1ccc(F)cc1)C(C)C. The highest BCUT2D eigenvalue weighted by Gasteiger charge is 2.39. The van der Waals surface area contributed by atoms with Gasteiger partial charge in [-0.25, -0.2) is 4.39 Å². The van der Waals surface area contributed by atoms with Crippen molar-refractivity contribution in [3.8, 4) is 0 Å². The number of hydrogen-bond acceptors (Lipinski definition) is 3. The number of nitrogens with zero attached hydrogens (tertiary/aromatic N) is 2. The quantitative estimate of drug-likeness (QED) is 0.552. The second-order valence-electron chi connectivity index (χ2n) is 9.30. The summed E-state index contributed by atoms with van der Waals surface area (Å²) < 4.78 is 13.6. The maximum Gasteiger partial charge on any atom is 0.228 e. The van der Waals surface area contributed by atoms with Crippen LogP contribution in [0.15, 0.2) is 24.3 Å². The Morgan fingerprint density at radius 1 is 0.828 bits per heavy atom. The maximum atomic E-state index is 13.6. The Bertz CT molecular complexity index is 586. The second kappa shape index (κ2) is 11.1. The van der Waals surface area contributed by atoms with Crippen molar-refractivity contribution in [2.24, 2.45) is 5.73 Å². The normalized spacial score (nSPS) is 12.9. The van der Waals surface area contributed by atoms with Crippen molar-refractivity contribution >= 4 is 5.91 Å². The van der Waals surface area contributed by atoms with Crippen molar-refractivity contribution in [2.75, 3.05) is 13.1 Å². The van der Waals surface area contributed by atoms with Crippen LogP contribution >= 0.6 is 0 Å². The number of primary amides is 1. The van der Waals surface area contributed by atoms with E-state index in [1.807, 2.05) is 0 Å². The van der Waals surface area contributed by atoms with Crippen molar-refractivity contribution in [3.05, 3.63) is 35.6 Å². The second-order valence-corrected chi connectivity index (χ2v) is 9.30. The van der Waals surface area contributed by atoms with Crippen LogP contribution in [0.4, 0.5) is 4.39 Å². The van der Waals surface area contributed by atoms with Crippen LogP contribution in [-0.4, -0.2) is 53.0 Å². The molecule has 166 valence electrons. The third-order valence-corrected chi connectivity index (χ3v) is 6.12. The molecule has 0 aromatic heterocycles. The molecule has 0 saturated heterocycles. The molecule has 1 aromatic rings. The van der Waals surface area contributed by atoms with E-state index in [9.17, 15) is 9.18 Å². The van der Waals surface area contributed by atoms with Gasteiger partial charge < -0.3 is 5.73 Å². The first-order valence-electron chi connectivity index (χ1n) is 11.0. The standard InChI is InChI=1S/C24H42FN3O/c1-17(2)27(18(3)4)15-13-24(23(26)29,21-9-11-22(25)12-10-21)14-16-28(19(5)6)20(7)8/h9-12,17-20H,13-16H2,1-8H3,(H2,26,29). The third-order valence-electron chi connectivity index (χ3n) is 6.12. The lowest BCUT2D eigenvalue weighted by atomic mass is 9.73. The summed E-state index contributed by atoms with van der Waals surface area (Å²) in [6.45, 7) is 18.9. The average Bonchev–Trinajstić information content (AvgIpc) is 2.59. The fourth-order valence-electron chi connectivity index (χ4n) is 4.44. The van der Waals surface area contributed by atoms with Gasteiger partial charge in [0.25, 0.3) is 0 Å². The molecule has 1 aromatic carbocycles. The molecule has 0 bridgehead atoms. The number of hydrogen-bond donors (Lipinski definition) is 1. The van der Waals surface area contributed by atoms with Gasteiger partial charge in [0.15, 0.2) is 0 Å². The van der Waals surface area contributed by atoms with Crippen molar-refractivity contribution in [2.45, 2.75) is 97.8 Å². The van der Waals surface area contributed by atoms with Gasteiger partial charge in [0, 0.05) is 37.3 Å². The van der Waals surface area contributed by atoms with Crippen LogP contribution in [0.2, 0.25) is 0 Å². The zero-order valence-corrected chi connectivity index (χ0v) is 19.7. The Labute approximate surface area is 177 Å². The summed E-state index contributed by atoms with van der Waals surface area (Å²) in [6.07, 6.45) is 1.24. The number of amides is 1. The minimum absolute atomic E-state index is 0.302. The molecule has 0 saturated carbocycles. The lowest BCUT2D eigenvalue weighted by Gasteiger charge is -2.39. The lowest BCUT2D eigenvalue weighted by Crippen LogP contribution is -2.49. The highest BCUT2D eigenvalue weighted by Crippen LogP contribution is 2.34. The van der Waals surface area contributed by atoms with Gasteiger partial charge in [0.05, 0.1) is 5.41 Å². The van der Waals surface area contributed by atoms with Gasteiger partial charge >= 0.3 is 0 Å². The highest BCUT2D eigenvalue weighted by atomic mass is 19.1. The Hall–Kier alpha value is -1.46. The van der Waals surface area contributed by atoms with Crippen LogP contribution < -0.4 is 5.73 Å². The van der Waals surface area contributed by atoms with E-state index in [2.05, 4.69) is 65.2 Å². The summed E-state index contributed by atoms with van der Waals surface area (Å²) in [6, 6.07) is 7.80. The summed E-state index contributed by atoms with van der Waals surface area (Å²) in [5.41, 5.74) is 6.04. The molecule has 0 aliphatic carbocycles. The van der Waals surface area contributed by atoms with Crippen molar-refractivity contribution < 1.29 is 9.18 Å². The predicted molar refractivity (Wildman–Crippen MR) is 120 cm³/mol. The van der Waals surface area contributed by atoms with Crippen LogP contribution in [0.1, 0.15) is 73.8 Å². The van der Waals surface area contributed by atoms with Gasteiger partial charge in [-0.3, -0.25) is 14.6 Å². The van der Waals surface area contributed by atoms with Gasteiger partial charge in [-0.1, -0.05) is 12.1 Å². The van der Waals surface area contributed by atoms with Gasteiger partial charge in [-0.15, -0.1) is 0 Å². The molecule has 0 atom stereocenters. The van der Waals surface area contributed by atoms with E-state index in [1.54, 1.807) is 12.1 Å². The van der Waals surface area contributed by atoms with Gasteiger partial charge in [0.2, 0.25) is 5.91 Å². The van der Waals surface area contributed by atoms with Crippen LogP contribution in [0, 0.1) is 5.82 Å². The first kappa shape index (κ1) is 25.6. The average molecular weight is 408 g/mol. The van der Waals surface area contributed by atoms with E-state index in [-0.39, 0.29) is 11.7 Å². The number of carbonyl (C=O) groups excluding carboxylic acids is 1. The zero-order valence-electron chi connectivity index (χ0n) is 19.7. The van der Waals surface area contributed by atoms with E-state index in [1.165, 1.54) is 12.1 Å². The minimum atomic E-state index is -0.822. The first-order valence-corrected chi connectivity index (χ1v) is 11.0. The van der Waals surface area contributed by atoms with Gasteiger partial charge in [-0.05, 0) is 85.9 Å². The first-order chi connectivity index (χ1) is 13.4.